The van der Waals surface area contributed by atoms with Crippen molar-refractivity contribution >= 4 is 11.8 Å². The number of hydrogen-bond acceptors (Lipinski definition) is 3. The summed E-state index contributed by atoms with van der Waals surface area (Å²) < 4.78 is 0. The molecule has 2 amide bonds. The maximum absolute atomic E-state index is 12.3. The Labute approximate surface area is 137 Å². The second-order valence-electron chi connectivity index (χ2n) is 6.61. The van der Waals surface area contributed by atoms with Crippen molar-refractivity contribution in [1.82, 2.24) is 10.2 Å². The van der Waals surface area contributed by atoms with Gasteiger partial charge in [-0.25, -0.2) is 0 Å². The third-order valence-corrected chi connectivity index (χ3v) is 5.01. The Kier molecular flexibility index (Phi) is 4.96. The number of rotatable bonds is 5. The van der Waals surface area contributed by atoms with E-state index in [1.54, 1.807) is 0 Å². The lowest BCUT2D eigenvalue weighted by atomic mass is 10.0. The van der Waals surface area contributed by atoms with Crippen LogP contribution in [0.15, 0.2) is 24.3 Å². The molecule has 3 N–H and O–H groups in total. The monoisotopic (exact) mass is 315 g/mol. The molecule has 1 heterocycles. The van der Waals surface area contributed by atoms with E-state index in [1.165, 1.54) is 0 Å². The highest BCUT2D eigenvalue weighted by Gasteiger charge is 2.30. The van der Waals surface area contributed by atoms with Crippen LogP contribution in [0, 0.1) is 5.92 Å². The van der Waals surface area contributed by atoms with Crippen LogP contribution >= 0.6 is 0 Å². The number of nitrogens with zero attached hydrogens (tertiary/aromatic N) is 1. The number of carbonyl (C=O) groups excluding carboxylic acids is 2. The molecule has 5 heteroatoms. The Morgan fingerprint density at radius 1 is 1.22 bits per heavy atom. The van der Waals surface area contributed by atoms with Crippen LogP contribution in [0.1, 0.15) is 43.2 Å². The van der Waals surface area contributed by atoms with E-state index in [2.05, 4.69) is 5.32 Å². The summed E-state index contributed by atoms with van der Waals surface area (Å²) in [6.45, 7) is 1.96. The smallest absolute Gasteiger partial charge is 0.224 e. The number of likely N-dealkylation sites (tertiary alicyclic amines) is 1. The normalized spacial score (nSPS) is 24.2. The van der Waals surface area contributed by atoms with Crippen LogP contribution < -0.4 is 11.1 Å². The molecule has 0 unspecified atom stereocenters. The Morgan fingerprint density at radius 3 is 2.65 bits per heavy atom. The Hall–Kier alpha value is -1.88. The van der Waals surface area contributed by atoms with E-state index in [0.29, 0.717) is 19.5 Å². The molecule has 23 heavy (non-hydrogen) atoms. The number of amides is 2. The molecule has 1 aliphatic heterocycles. The summed E-state index contributed by atoms with van der Waals surface area (Å²) in [6, 6.07) is 8.00. The van der Waals surface area contributed by atoms with Crippen molar-refractivity contribution < 1.29 is 9.59 Å². The van der Waals surface area contributed by atoms with Crippen LogP contribution in [0.3, 0.4) is 0 Å². The summed E-state index contributed by atoms with van der Waals surface area (Å²) in [5.41, 5.74) is 8.18. The van der Waals surface area contributed by atoms with Crippen molar-refractivity contribution in [1.29, 1.82) is 0 Å². The quantitative estimate of drug-likeness (QED) is 0.865. The minimum Gasteiger partial charge on any atom is -0.352 e. The first kappa shape index (κ1) is 16.0. The molecule has 0 bridgehead atoms. The molecule has 1 aromatic rings. The van der Waals surface area contributed by atoms with Gasteiger partial charge in [-0.2, -0.15) is 0 Å². The second-order valence-corrected chi connectivity index (χ2v) is 6.61. The molecule has 2 aliphatic rings. The zero-order valence-electron chi connectivity index (χ0n) is 13.5. The van der Waals surface area contributed by atoms with Crippen LogP contribution in [-0.4, -0.2) is 29.3 Å². The van der Waals surface area contributed by atoms with Crippen LogP contribution in [0.5, 0.6) is 0 Å². The molecular weight excluding hydrogens is 290 g/mol. The molecule has 0 radical (unpaired) electrons. The van der Waals surface area contributed by atoms with Gasteiger partial charge in [-0.05, 0) is 30.4 Å². The summed E-state index contributed by atoms with van der Waals surface area (Å²) >= 11 is 0. The van der Waals surface area contributed by atoms with Crippen LogP contribution in [0.2, 0.25) is 0 Å². The predicted molar refractivity (Wildman–Crippen MR) is 88.3 cm³/mol. The minimum atomic E-state index is -0.0534. The first-order valence-corrected chi connectivity index (χ1v) is 8.53. The number of carbonyl (C=O) groups is 2. The van der Waals surface area contributed by atoms with E-state index in [1.807, 2.05) is 29.2 Å². The van der Waals surface area contributed by atoms with Crippen molar-refractivity contribution in [2.24, 2.45) is 11.7 Å². The number of hydrogen-bond donors (Lipinski definition) is 2. The maximum atomic E-state index is 12.3. The third-order valence-electron chi connectivity index (χ3n) is 5.01. The lowest BCUT2D eigenvalue weighted by Crippen LogP contribution is -2.38. The number of nitrogens with two attached hydrogens (primary N) is 1. The van der Waals surface area contributed by atoms with Gasteiger partial charge in [0, 0.05) is 32.1 Å². The standard InChI is InChI=1S/C18H25N3O2/c19-16-8-3-7-15(16)18(23)20-11-13-5-1-2-6-14(13)12-21-10-4-9-17(21)22/h1-2,5-6,15-16H,3-4,7-12,19H2,(H,20,23)/t15-,16-/m0/s1. The number of benzene rings is 1. The van der Waals surface area contributed by atoms with Crippen molar-refractivity contribution in [3.63, 3.8) is 0 Å². The molecule has 124 valence electrons. The Balaban J connectivity index is 1.61. The van der Waals surface area contributed by atoms with Crippen molar-refractivity contribution in [3.8, 4) is 0 Å². The highest BCUT2D eigenvalue weighted by molar-refractivity contribution is 5.80. The lowest BCUT2D eigenvalue weighted by molar-refractivity contribution is -0.128. The SMILES string of the molecule is N[C@H]1CCC[C@@H]1C(=O)NCc1ccccc1CN1CCCC1=O. The van der Waals surface area contributed by atoms with E-state index in [0.717, 1.165) is 43.4 Å². The van der Waals surface area contributed by atoms with Gasteiger partial charge >= 0.3 is 0 Å². The lowest BCUT2D eigenvalue weighted by Gasteiger charge is -2.19. The van der Waals surface area contributed by atoms with Gasteiger partial charge in [-0.3, -0.25) is 9.59 Å². The van der Waals surface area contributed by atoms with E-state index < -0.39 is 0 Å². The fraction of sp³-hybridized carbons (Fsp3) is 0.556. The topological polar surface area (TPSA) is 75.4 Å². The van der Waals surface area contributed by atoms with Crippen LogP contribution in [0.4, 0.5) is 0 Å². The van der Waals surface area contributed by atoms with Gasteiger partial charge in [0.15, 0.2) is 0 Å². The molecule has 1 saturated heterocycles. The zero-order chi connectivity index (χ0) is 16.2. The fourth-order valence-electron chi connectivity index (χ4n) is 3.59. The first-order valence-electron chi connectivity index (χ1n) is 8.53. The summed E-state index contributed by atoms with van der Waals surface area (Å²) in [5.74, 6) is 0.227. The van der Waals surface area contributed by atoms with Gasteiger partial charge in [0.2, 0.25) is 11.8 Å². The van der Waals surface area contributed by atoms with Crippen molar-refractivity contribution in [3.05, 3.63) is 35.4 Å². The maximum Gasteiger partial charge on any atom is 0.224 e. The van der Waals surface area contributed by atoms with E-state index >= 15 is 0 Å². The average Bonchev–Trinajstić information content (AvgIpc) is 3.15. The summed E-state index contributed by atoms with van der Waals surface area (Å²) in [6.07, 6.45) is 4.45. The predicted octanol–water partition coefficient (Wildman–Crippen LogP) is 1.55. The van der Waals surface area contributed by atoms with Gasteiger partial charge < -0.3 is 16.0 Å². The molecule has 0 aromatic heterocycles. The molecule has 1 aliphatic carbocycles. The Bertz CT molecular complexity index is 587. The van der Waals surface area contributed by atoms with Crippen molar-refractivity contribution in [2.45, 2.75) is 51.2 Å². The fourth-order valence-corrected chi connectivity index (χ4v) is 3.59. The summed E-state index contributed by atoms with van der Waals surface area (Å²) in [7, 11) is 0. The summed E-state index contributed by atoms with van der Waals surface area (Å²) in [4.78, 5) is 26.0. The average molecular weight is 315 g/mol. The Morgan fingerprint density at radius 2 is 2.00 bits per heavy atom. The zero-order valence-corrected chi connectivity index (χ0v) is 13.5. The molecule has 0 spiro atoms. The minimum absolute atomic E-state index is 0.00698. The summed E-state index contributed by atoms with van der Waals surface area (Å²) in [5, 5.41) is 3.03. The third kappa shape index (κ3) is 3.72. The number of nitrogens with one attached hydrogen (secondary N) is 1. The van der Waals surface area contributed by atoms with Gasteiger partial charge in [0.25, 0.3) is 0 Å². The molecule has 1 saturated carbocycles. The van der Waals surface area contributed by atoms with Crippen LogP contribution in [-0.2, 0) is 22.7 Å². The van der Waals surface area contributed by atoms with Gasteiger partial charge in [0.05, 0.1) is 5.92 Å². The van der Waals surface area contributed by atoms with Gasteiger partial charge in [-0.1, -0.05) is 30.7 Å². The highest BCUT2D eigenvalue weighted by atomic mass is 16.2. The molecule has 1 aromatic carbocycles. The van der Waals surface area contributed by atoms with Crippen molar-refractivity contribution in [2.75, 3.05) is 6.54 Å². The molecule has 3 rings (SSSR count). The van der Waals surface area contributed by atoms with E-state index in [9.17, 15) is 9.59 Å². The van der Waals surface area contributed by atoms with Gasteiger partial charge in [-0.15, -0.1) is 0 Å². The molecule has 2 atom stereocenters. The molecule has 2 fully saturated rings. The first-order chi connectivity index (χ1) is 11.1. The highest BCUT2D eigenvalue weighted by Crippen LogP contribution is 2.24. The van der Waals surface area contributed by atoms with E-state index in [4.69, 9.17) is 5.73 Å². The largest absolute Gasteiger partial charge is 0.352 e. The molecule has 5 nitrogen and oxygen atoms in total. The van der Waals surface area contributed by atoms with E-state index in [-0.39, 0.29) is 23.8 Å². The van der Waals surface area contributed by atoms with Crippen LogP contribution in [0.25, 0.3) is 0 Å². The van der Waals surface area contributed by atoms with Gasteiger partial charge in [0.1, 0.15) is 0 Å². The molecular formula is C18H25N3O2. The second kappa shape index (κ2) is 7.13.